The molecule has 0 heterocycles. The van der Waals surface area contributed by atoms with Crippen molar-refractivity contribution in [3.05, 3.63) is 0 Å². The van der Waals surface area contributed by atoms with Crippen molar-refractivity contribution in [2.45, 2.75) is 64.7 Å². The van der Waals surface area contributed by atoms with Crippen molar-refractivity contribution in [2.75, 3.05) is 6.54 Å². The van der Waals surface area contributed by atoms with E-state index in [2.05, 4.69) is 6.92 Å². The van der Waals surface area contributed by atoms with E-state index >= 15 is 0 Å². The van der Waals surface area contributed by atoms with Gasteiger partial charge in [-0.05, 0) is 69.7 Å². The summed E-state index contributed by atoms with van der Waals surface area (Å²) < 4.78 is 0. The molecule has 2 aliphatic rings. The molecule has 0 aromatic rings. The summed E-state index contributed by atoms with van der Waals surface area (Å²) in [6, 6.07) is 0. The molecule has 0 aromatic heterocycles. The van der Waals surface area contributed by atoms with E-state index in [-0.39, 0.29) is 0 Å². The second kappa shape index (κ2) is 6.70. The average molecular weight is 251 g/mol. The molecule has 0 atom stereocenters. The van der Waals surface area contributed by atoms with Crippen LogP contribution < -0.4 is 5.73 Å². The third-order valence-electron chi connectivity index (χ3n) is 5.41. The van der Waals surface area contributed by atoms with Gasteiger partial charge in [0, 0.05) is 11.8 Å². The zero-order valence-electron chi connectivity index (χ0n) is 11.9. The molecule has 0 unspecified atom stereocenters. The molecule has 0 aromatic carbocycles. The average Bonchev–Trinajstić information content (AvgIpc) is 2.47. The minimum Gasteiger partial charge on any atom is -0.330 e. The first kappa shape index (κ1) is 14.0. The maximum atomic E-state index is 12.5. The molecule has 2 saturated carbocycles. The molecular weight excluding hydrogens is 222 g/mol. The quantitative estimate of drug-likeness (QED) is 0.830. The molecule has 0 bridgehead atoms. The van der Waals surface area contributed by atoms with Gasteiger partial charge in [-0.1, -0.05) is 13.3 Å². The zero-order valence-corrected chi connectivity index (χ0v) is 11.9. The third kappa shape index (κ3) is 3.34. The van der Waals surface area contributed by atoms with Crippen LogP contribution in [0.3, 0.4) is 0 Å². The molecule has 0 amide bonds. The van der Waals surface area contributed by atoms with Crippen LogP contribution in [-0.4, -0.2) is 12.3 Å². The van der Waals surface area contributed by atoms with E-state index in [1.165, 1.54) is 32.1 Å². The van der Waals surface area contributed by atoms with Gasteiger partial charge in [-0.15, -0.1) is 0 Å². The lowest BCUT2D eigenvalue weighted by Crippen LogP contribution is -2.31. The summed E-state index contributed by atoms with van der Waals surface area (Å²) in [5.41, 5.74) is 5.71. The van der Waals surface area contributed by atoms with Crippen LogP contribution in [0.25, 0.3) is 0 Å². The SMILES string of the molecule is CCC1CCC(C(=O)C2CCC(CN)CC2)CC1. The zero-order chi connectivity index (χ0) is 13.0. The predicted molar refractivity (Wildman–Crippen MR) is 75.2 cm³/mol. The number of hydrogen-bond donors (Lipinski definition) is 1. The highest BCUT2D eigenvalue weighted by Crippen LogP contribution is 2.36. The van der Waals surface area contributed by atoms with Gasteiger partial charge >= 0.3 is 0 Å². The fourth-order valence-electron chi connectivity index (χ4n) is 3.87. The maximum Gasteiger partial charge on any atom is 0.139 e. The molecule has 2 rings (SSSR count). The minimum absolute atomic E-state index is 0.371. The standard InChI is InChI=1S/C16H29NO/c1-2-12-3-7-14(8-4-12)16(18)15-9-5-13(11-17)6-10-15/h12-15H,2-11,17H2,1H3. The summed E-state index contributed by atoms with van der Waals surface area (Å²) in [6.45, 7) is 3.09. The minimum atomic E-state index is 0.371. The number of rotatable bonds is 4. The molecule has 0 saturated heterocycles. The number of carbonyl (C=O) groups is 1. The monoisotopic (exact) mass is 251 g/mol. The Hall–Kier alpha value is -0.370. The summed E-state index contributed by atoms with van der Waals surface area (Å²) in [7, 11) is 0. The van der Waals surface area contributed by atoms with E-state index in [9.17, 15) is 4.79 Å². The predicted octanol–water partition coefficient (Wildman–Crippen LogP) is 3.54. The number of nitrogens with two attached hydrogens (primary N) is 1. The first-order chi connectivity index (χ1) is 8.74. The van der Waals surface area contributed by atoms with E-state index < -0.39 is 0 Å². The van der Waals surface area contributed by atoms with Gasteiger partial charge in [-0.3, -0.25) is 4.79 Å². The van der Waals surface area contributed by atoms with Crippen LogP contribution in [0.4, 0.5) is 0 Å². The van der Waals surface area contributed by atoms with Crippen molar-refractivity contribution >= 4 is 5.78 Å². The van der Waals surface area contributed by atoms with Crippen LogP contribution in [0.5, 0.6) is 0 Å². The lowest BCUT2D eigenvalue weighted by Gasteiger charge is -2.32. The Morgan fingerprint density at radius 3 is 1.72 bits per heavy atom. The molecule has 2 nitrogen and oxygen atoms in total. The summed E-state index contributed by atoms with van der Waals surface area (Å²) >= 11 is 0. The second-order valence-corrected chi connectivity index (χ2v) is 6.48. The fourth-order valence-corrected chi connectivity index (χ4v) is 3.87. The van der Waals surface area contributed by atoms with Crippen molar-refractivity contribution < 1.29 is 4.79 Å². The Kier molecular flexibility index (Phi) is 5.23. The van der Waals surface area contributed by atoms with Crippen LogP contribution in [-0.2, 0) is 4.79 Å². The second-order valence-electron chi connectivity index (χ2n) is 6.48. The Morgan fingerprint density at radius 2 is 1.33 bits per heavy atom. The summed E-state index contributed by atoms with van der Waals surface area (Å²) in [6.07, 6.45) is 10.7. The van der Waals surface area contributed by atoms with E-state index in [0.29, 0.717) is 23.5 Å². The van der Waals surface area contributed by atoms with Crippen molar-refractivity contribution in [3.8, 4) is 0 Å². The fraction of sp³-hybridized carbons (Fsp3) is 0.938. The third-order valence-corrected chi connectivity index (χ3v) is 5.41. The van der Waals surface area contributed by atoms with Gasteiger partial charge < -0.3 is 5.73 Å². The highest BCUT2D eigenvalue weighted by atomic mass is 16.1. The number of carbonyl (C=O) groups excluding carboxylic acids is 1. The Labute approximate surface area is 112 Å². The molecule has 18 heavy (non-hydrogen) atoms. The first-order valence-corrected chi connectivity index (χ1v) is 7.98. The summed E-state index contributed by atoms with van der Waals surface area (Å²) in [5, 5.41) is 0. The van der Waals surface area contributed by atoms with Crippen molar-refractivity contribution in [3.63, 3.8) is 0 Å². The molecule has 0 spiro atoms. The van der Waals surface area contributed by atoms with Crippen molar-refractivity contribution in [2.24, 2.45) is 29.4 Å². The van der Waals surface area contributed by atoms with Crippen molar-refractivity contribution in [1.29, 1.82) is 0 Å². The smallest absolute Gasteiger partial charge is 0.139 e. The maximum absolute atomic E-state index is 12.5. The van der Waals surface area contributed by atoms with Gasteiger partial charge in [-0.2, -0.15) is 0 Å². The molecule has 2 fully saturated rings. The molecular formula is C16H29NO. The summed E-state index contributed by atoms with van der Waals surface area (Å²) in [4.78, 5) is 12.5. The molecule has 0 aliphatic heterocycles. The molecule has 104 valence electrons. The van der Waals surface area contributed by atoms with Gasteiger partial charge in [-0.25, -0.2) is 0 Å². The van der Waals surface area contributed by atoms with Crippen LogP contribution in [0.2, 0.25) is 0 Å². The first-order valence-electron chi connectivity index (χ1n) is 7.98. The van der Waals surface area contributed by atoms with E-state index in [4.69, 9.17) is 5.73 Å². The highest BCUT2D eigenvalue weighted by Gasteiger charge is 2.32. The molecule has 2 aliphatic carbocycles. The topological polar surface area (TPSA) is 43.1 Å². The van der Waals surface area contributed by atoms with Gasteiger partial charge in [0.05, 0.1) is 0 Å². The summed E-state index contributed by atoms with van der Waals surface area (Å²) in [5.74, 6) is 2.94. The Balaban J connectivity index is 1.78. The van der Waals surface area contributed by atoms with E-state index in [1.807, 2.05) is 0 Å². The number of hydrogen-bond acceptors (Lipinski definition) is 2. The molecule has 2 heteroatoms. The van der Waals surface area contributed by atoms with E-state index in [1.54, 1.807) is 0 Å². The van der Waals surface area contributed by atoms with Crippen LogP contribution in [0.15, 0.2) is 0 Å². The normalized spacial score (nSPS) is 37.4. The van der Waals surface area contributed by atoms with Crippen LogP contribution in [0.1, 0.15) is 64.7 Å². The van der Waals surface area contributed by atoms with Gasteiger partial charge in [0.1, 0.15) is 5.78 Å². The molecule has 2 N–H and O–H groups in total. The lowest BCUT2D eigenvalue weighted by molar-refractivity contribution is -0.129. The lowest BCUT2D eigenvalue weighted by atomic mass is 9.72. The Morgan fingerprint density at radius 1 is 0.889 bits per heavy atom. The van der Waals surface area contributed by atoms with Crippen LogP contribution in [0, 0.1) is 23.7 Å². The van der Waals surface area contributed by atoms with Gasteiger partial charge in [0.2, 0.25) is 0 Å². The number of ketones is 1. The Bertz CT molecular complexity index is 234. The highest BCUT2D eigenvalue weighted by molar-refractivity contribution is 5.83. The molecule has 0 radical (unpaired) electrons. The van der Waals surface area contributed by atoms with E-state index in [0.717, 1.165) is 38.1 Å². The van der Waals surface area contributed by atoms with Crippen molar-refractivity contribution in [1.82, 2.24) is 0 Å². The number of Topliss-reactive ketones (excluding diaryl/α,β-unsaturated/α-hetero) is 1. The largest absolute Gasteiger partial charge is 0.330 e. The van der Waals surface area contributed by atoms with Gasteiger partial charge in [0.25, 0.3) is 0 Å². The van der Waals surface area contributed by atoms with Crippen LogP contribution >= 0.6 is 0 Å². The van der Waals surface area contributed by atoms with Gasteiger partial charge in [0.15, 0.2) is 0 Å².